The predicted octanol–water partition coefficient (Wildman–Crippen LogP) is 5.28. The Labute approximate surface area is 243 Å². The third-order valence-electron chi connectivity index (χ3n) is 6.09. The molecule has 2 amide bonds. The normalized spacial score (nSPS) is 11.9. The minimum absolute atomic E-state index is 0.0397. The van der Waals surface area contributed by atoms with Crippen molar-refractivity contribution in [1.29, 1.82) is 0 Å². The van der Waals surface area contributed by atoms with Crippen LogP contribution in [0.15, 0.2) is 71.6 Å². The van der Waals surface area contributed by atoms with Gasteiger partial charge in [0.05, 0.1) is 27.2 Å². The lowest BCUT2D eigenvalue weighted by atomic mass is 10.1. The van der Waals surface area contributed by atoms with Crippen molar-refractivity contribution in [2.45, 2.75) is 37.8 Å². The van der Waals surface area contributed by atoms with E-state index in [-0.39, 0.29) is 28.6 Å². The van der Waals surface area contributed by atoms with Crippen LogP contribution < -0.4 is 14.4 Å². The van der Waals surface area contributed by atoms with Crippen molar-refractivity contribution in [3.05, 3.63) is 88.2 Å². The first-order valence-corrected chi connectivity index (χ1v) is 14.7. The summed E-state index contributed by atoms with van der Waals surface area (Å²) in [5.41, 5.74) is 0.666. The fourth-order valence-electron chi connectivity index (χ4n) is 4.06. The first-order chi connectivity index (χ1) is 19.0. The van der Waals surface area contributed by atoms with Crippen LogP contribution in [0.2, 0.25) is 10.0 Å². The van der Waals surface area contributed by atoms with Gasteiger partial charge in [0.1, 0.15) is 24.2 Å². The van der Waals surface area contributed by atoms with Gasteiger partial charge in [0.15, 0.2) is 0 Å². The highest BCUT2D eigenvalue weighted by molar-refractivity contribution is 7.92. The number of nitrogens with zero attached hydrogens (tertiary/aromatic N) is 2. The molecule has 0 aliphatic rings. The summed E-state index contributed by atoms with van der Waals surface area (Å²) in [6.07, 6.45) is 0.259. The highest BCUT2D eigenvalue weighted by Crippen LogP contribution is 2.27. The number of carbonyl (C=O) groups is 2. The van der Waals surface area contributed by atoms with Crippen LogP contribution in [-0.2, 0) is 26.2 Å². The molecule has 0 aliphatic carbocycles. The fourth-order valence-corrected chi connectivity index (χ4v) is 5.79. The molecule has 0 spiro atoms. The highest BCUT2D eigenvalue weighted by Gasteiger charge is 2.33. The van der Waals surface area contributed by atoms with Crippen LogP contribution in [-0.4, -0.2) is 51.4 Å². The molecule has 12 heteroatoms. The molecule has 1 N–H and O–H groups in total. The molecule has 214 valence electrons. The topological polar surface area (TPSA) is 96.0 Å². The van der Waals surface area contributed by atoms with Crippen LogP contribution in [0.3, 0.4) is 0 Å². The summed E-state index contributed by atoms with van der Waals surface area (Å²) in [5, 5.41) is 3.15. The van der Waals surface area contributed by atoms with Crippen LogP contribution in [0.25, 0.3) is 0 Å². The third-order valence-corrected chi connectivity index (χ3v) is 8.61. The molecule has 0 aliphatic heterocycles. The molecule has 40 heavy (non-hydrogen) atoms. The van der Waals surface area contributed by atoms with E-state index in [1.165, 1.54) is 48.3 Å². The second-order valence-electron chi connectivity index (χ2n) is 8.70. The first kappa shape index (κ1) is 31.2. The van der Waals surface area contributed by atoms with Gasteiger partial charge in [-0.3, -0.25) is 13.9 Å². The van der Waals surface area contributed by atoms with Crippen LogP contribution >= 0.6 is 23.2 Å². The van der Waals surface area contributed by atoms with Crippen molar-refractivity contribution < 1.29 is 27.1 Å². The molecule has 0 heterocycles. The lowest BCUT2D eigenvalue weighted by Crippen LogP contribution is -2.51. The average Bonchev–Trinajstić information content (AvgIpc) is 2.94. The van der Waals surface area contributed by atoms with E-state index in [9.17, 15) is 22.4 Å². The standard InChI is InChI=1S/C28H30Cl2FN3O5S/c1-4-26(28(36)32-3)33(17-19-6-15-24(29)25(30)16-19)27(35)18-34(21-9-7-20(31)8-10-21)40(37,38)23-13-11-22(12-14-23)39-5-2/h6-16,26H,4-5,17-18H2,1-3H3,(H,32,36). The molecule has 3 aromatic carbocycles. The minimum Gasteiger partial charge on any atom is -0.494 e. The summed E-state index contributed by atoms with van der Waals surface area (Å²) in [7, 11) is -2.85. The number of carbonyl (C=O) groups excluding carboxylic acids is 2. The third kappa shape index (κ3) is 7.44. The van der Waals surface area contributed by atoms with E-state index in [4.69, 9.17) is 27.9 Å². The van der Waals surface area contributed by atoms with Gasteiger partial charge in [0.2, 0.25) is 11.8 Å². The number of hydrogen-bond donors (Lipinski definition) is 1. The molecule has 3 aromatic rings. The van der Waals surface area contributed by atoms with Crippen LogP contribution in [0.1, 0.15) is 25.8 Å². The van der Waals surface area contributed by atoms with Gasteiger partial charge in [0.25, 0.3) is 10.0 Å². The van der Waals surface area contributed by atoms with E-state index in [1.807, 2.05) is 0 Å². The number of sulfonamides is 1. The predicted molar refractivity (Wildman–Crippen MR) is 154 cm³/mol. The lowest BCUT2D eigenvalue weighted by Gasteiger charge is -2.33. The maximum Gasteiger partial charge on any atom is 0.264 e. The molecular formula is C28H30Cl2FN3O5S. The van der Waals surface area contributed by atoms with Crippen LogP contribution in [0, 0.1) is 5.82 Å². The number of benzene rings is 3. The Hall–Kier alpha value is -3.34. The lowest BCUT2D eigenvalue weighted by molar-refractivity contribution is -0.140. The first-order valence-electron chi connectivity index (χ1n) is 12.5. The molecule has 0 saturated carbocycles. The summed E-state index contributed by atoms with van der Waals surface area (Å²) in [4.78, 5) is 27.8. The van der Waals surface area contributed by atoms with Crippen LogP contribution in [0.5, 0.6) is 5.75 Å². The van der Waals surface area contributed by atoms with E-state index in [0.29, 0.717) is 22.9 Å². The second-order valence-corrected chi connectivity index (χ2v) is 11.4. The molecule has 0 bridgehead atoms. The Morgan fingerprint density at radius 3 is 2.17 bits per heavy atom. The second kappa shape index (κ2) is 13.8. The minimum atomic E-state index is -4.30. The van der Waals surface area contributed by atoms with E-state index >= 15 is 0 Å². The molecule has 3 rings (SSSR count). The smallest absolute Gasteiger partial charge is 0.264 e. The Morgan fingerprint density at radius 2 is 1.62 bits per heavy atom. The SMILES string of the molecule is CCOc1ccc(S(=O)(=O)N(CC(=O)N(Cc2ccc(Cl)c(Cl)c2)C(CC)C(=O)NC)c2ccc(F)cc2)cc1. The van der Waals surface area contributed by atoms with E-state index < -0.39 is 40.2 Å². The van der Waals surface area contributed by atoms with Gasteiger partial charge >= 0.3 is 0 Å². The van der Waals surface area contributed by atoms with Crippen molar-refractivity contribution in [3.63, 3.8) is 0 Å². The largest absolute Gasteiger partial charge is 0.494 e. The molecule has 1 atom stereocenters. The molecule has 0 saturated heterocycles. The van der Waals surface area contributed by atoms with Crippen molar-refractivity contribution >= 4 is 50.7 Å². The monoisotopic (exact) mass is 609 g/mol. The van der Waals surface area contributed by atoms with Crippen molar-refractivity contribution in [2.75, 3.05) is 24.5 Å². The maximum atomic E-state index is 13.9. The molecule has 0 aromatic heterocycles. The number of ether oxygens (including phenoxy) is 1. The summed E-state index contributed by atoms with van der Waals surface area (Å²) < 4.78 is 47.7. The van der Waals surface area contributed by atoms with Gasteiger partial charge in [-0.2, -0.15) is 0 Å². The summed E-state index contributed by atoms with van der Waals surface area (Å²) in [5.74, 6) is -1.16. The van der Waals surface area contributed by atoms with E-state index in [1.54, 1.807) is 32.0 Å². The highest BCUT2D eigenvalue weighted by atomic mass is 35.5. The maximum absolute atomic E-state index is 13.9. The van der Waals surface area contributed by atoms with Crippen molar-refractivity contribution in [2.24, 2.45) is 0 Å². The average molecular weight is 611 g/mol. The Kier molecular flexibility index (Phi) is 10.8. The number of halogens is 3. The summed E-state index contributed by atoms with van der Waals surface area (Å²) in [6, 6.07) is 14.4. The zero-order chi connectivity index (χ0) is 29.4. The Balaban J connectivity index is 2.05. The van der Waals surface area contributed by atoms with Gasteiger partial charge < -0.3 is 15.0 Å². The van der Waals surface area contributed by atoms with Gasteiger partial charge in [-0.25, -0.2) is 12.8 Å². The molecule has 0 fully saturated rings. The summed E-state index contributed by atoms with van der Waals surface area (Å²) in [6.45, 7) is 3.25. The van der Waals surface area contributed by atoms with Crippen molar-refractivity contribution in [1.82, 2.24) is 10.2 Å². The molecule has 8 nitrogen and oxygen atoms in total. The Bertz CT molecular complexity index is 1440. The molecule has 1 unspecified atom stereocenters. The molecule has 0 radical (unpaired) electrons. The van der Waals surface area contributed by atoms with E-state index in [0.717, 1.165) is 16.4 Å². The number of nitrogens with one attached hydrogen (secondary N) is 1. The number of amides is 2. The number of hydrogen-bond acceptors (Lipinski definition) is 5. The van der Waals surface area contributed by atoms with Gasteiger partial charge in [-0.05, 0) is 79.6 Å². The Morgan fingerprint density at radius 1 is 0.975 bits per heavy atom. The van der Waals surface area contributed by atoms with E-state index in [2.05, 4.69) is 5.32 Å². The number of rotatable bonds is 12. The van der Waals surface area contributed by atoms with Crippen molar-refractivity contribution in [3.8, 4) is 5.75 Å². The zero-order valence-electron chi connectivity index (χ0n) is 22.2. The fraction of sp³-hybridized carbons (Fsp3) is 0.286. The van der Waals surface area contributed by atoms with Gasteiger partial charge in [-0.15, -0.1) is 0 Å². The number of likely N-dealkylation sites (N-methyl/N-ethyl adjacent to an activating group) is 1. The van der Waals surface area contributed by atoms with Gasteiger partial charge in [0, 0.05) is 13.6 Å². The summed E-state index contributed by atoms with van der Waals surface area (Å²) >= 11 is 12.2. The quantitative estimate of drug-likeness (QED) is 0.301. The zero-order valence-corrected chi connectivity index (χ0v) is 24.6. The van der Waals surface area contributed by atoms with Gasteiger partial charge in [-0.1, -0.05) is 36.2 Å². The van der Waals surface area contributed by atoms with Crippen LogP contribution in [0.4, 0.5) is 10.1 Å². The number of anilines is 1. The molecular weight excluding hydrogens is 580 g/mol.